The van der Waals surface area contributed by atoms with Crippen LogP contribution in [0.1, 0.15) is 29.9 Å². The van der Waals surface area contributed by atoms with Crippen LogP contribution in [0.4, 0.5) is 14.5 Å². The van der Waals surface area contributed by atoms with Crippen molar-refractivity contribution in [1.29, 1.82) is 0 Å². The zero-order valence-electron chi connectivity index (χ0n) is 18.2. The van der Waals surface area contributed by atoms with E-state index in [1.165, 1.54) is 24.3 Å². The van der Waals surface area contributed by atoms with Gasteiger partial charge in [0.15, 0.2) is 0 Å². The summed E-state index contributed by atoms with van der Waals surface area (Å²) < 4.78 is 62.9. The molecule has 0 bridgehead atoms. The molecule has 0 spiro atoms. The van der Waals surface area contributed by atoms with Crippen LogP contribution in [0.3, 0.4) is 0 Å². The van der Waals surface area contributed by atoms with Gasteiger partial charge in [-0.25, -0.2) is 17.2 Å². The van der Waals surface area contributed by atoms with Crippen molar-refractivity contribution in [1.82, 2.24) is 0 Å². The number of halogens is 3. The van der Waals surface area contributed by atoms with E-state index in [-0.39, 0.29) is 10.6 Å². The molecular weight excluding hydrogens is 480 g/mol. The number of nitrogens with zero attached hydrogens (tertiary/aromatic N) is 1. The van der Waals surface area contributed by atoms with Crippen LogP contribution in [-0.2, 0) is 16.4 Å². The van der Waals surface area contributed by atoms with Crippen molar-refractivity contribution >= 4 is 27.3 Å². The van der Waals surface area contributed by atoms with Gasteiger partial charge in [-0.15, -0.1) is 0 Å². The van der Waals surface area contributed by atoms with E-state index in [1.54, 1.807) is 31.4 Å². The summed E-state index contributed by atoms with van der Waals surface area (Å²) >= 11 is 5.93. The average Bonchev–Trinajstić information content (AvgIpc) is 3.34. The fourth-order valence-electron chi connectivity index (χ4n) is 3.76. The van der Waals surface area contributed by atoms with E-state index in [0.29, 0.717) is 17.0 Å². The fraction of sp³-hybridized carbons (Fsp3) is 0.115. The van der Waals surface area contributed by atoms with Crippen LogP contribution < -0.4 is 4.31 Å². The molecule has 1 radical (unpaired) electrons. The van der Waals surface area contributed by atoms with Crippen LogP contribution in [0.2, 0.25) is 5.02 Å². The van der Waals surface area contributed by atoms with Crippen molar-refractivity contribution in [2.75, 3.05) is 4.31 Å². The summed E-state index contributed by atoms with van der Waals surface area (Å²) in [5.41, 5.74) is 0.984. The van der Waals surface area contributed by atoms with Gasteiger partial charge in [0.25, 0.3) is 10.0 Å². The maximum Gasteiger partial charge on any atom is 0.264 e. The highest BCUT2D eigenvalue weighted by molar-refractivity contribution is 7.92. The zero-order valence-corrected chi connectivity index (χ0v) is 19.7. The molecule has 0 saturated heterocycles. The number of rotatable bonds is 8. The van der Waals surface area contributed by atoms with E-state index in [4.69, 9.17) is 16.0 Å². The first kappa shape index (κ1) is 24.0. The topological polar surface area (TPSA) is 50.5 Å². The molecule has 4 aromatic rings. The molecule has 0 unspecified atom stereocenters. The number of furan rings is 1. The first-order chi connectivity index (χ1) is 16.3. The highest BCUT2D eigenvalue weighted by Crippen LogP contribution is 2.37. The Labute approximate surface area is 202 Å². The zero-order chi connectivity index (χ0) is 24.3. The van der Waals surface area contributed by atoms with Crippen LogP contribution in [-0.4, -0.2) is 8.42 Å². The van der Waals surface area contributed by atoms with Gasteiger partial charge in [0.05, 0.1) is 22.9 Å². The van der Waals surface area contributed by atoms with Crippen molar-refractivity contribution in [2.24, 2.45) is 0 Å². The van der Waals surface area contributed by atoms with Crippen molar-refractivity contribution in [2.45, 2.75) is 24.3 Å². The van der Waals surface area contributed by atoms with E-state index in [2.05, 4.69) is 0 Å². The number of sulfonamides is 1. The molecule has 34 heavy (non-hydrogen) atoms. The Morgan fingerprint density at radius 3 is 2.44 bits per heavy atom. The van der Waals surface area contributed by atoms with Gasteiger partial charge in [0.1, 0.15) is 17.4 Å². The van der Waals surface area contributed by atoms with Crippen LogP contribution in [0.25, 0.3) is 0 Å². The van der Waals surface area contributed by atoms with Gasteiger partial charge in [-0.05, 0) is 73.0 Å². The molecule has 0 aliphatic heterocycles. The lowest BCUT2D eigenvalue weighted by molar-refractivity contribution is 0.519. The van der Waals surface area contributed by atoms with Crippen LogP contribution in [0, 0.1) is 18.1 Å². The van der Waals surface area contributed by atoms with E-state index in [0.717, 1.165) is 33.8 Å². The lowest BCUT2D eigenvalue weighted by atomic mass is 9.97. The summed E-state index contributed by atoms with van der Waals surface area (Å²) in [6.07, 6.45) is 3.96. The number of benzene rings is 3. The molecule has 0 aliphatic carbocycles. The monoisotopic (exact) mass is 500 g/mol. The van der Waals surface area contributed by atoms with Crippen LogP contribution in [0.5, 0.6) is 0 Å². The first-order valence-electron chi connectivity index (χ1n) is 10.5. The van der Waals surface area contributed by atoms with Crippen molar-refractivity contribution in [3.63, 3.8) is 0 Å². The van der Waals surface area contributed by atoms with E-state index >= 15 is 0 Å². The maximum absolute atomic E-state index is 14.9. The third-order valence-electron chi connectivity index (χ3n) is 5.42. The van der Waals surface area contributed by atoms with Gasteiger partial charge in [0.2, 0.25) is 0 Å². The van der Waals surface area contributed by atoms with Crippen molar-refractivity contribution < 1.29 is 21.6 Å². The number of anilines is 1. The van der Waals surface area contributed by atoms with Crippen molar-refractivity contribution in [3.8, 4) is 0 Å². The third kappa shape index (κ3) is 5.00. The second-order valence-electron chi connectivity index (χ2n) is 7.64. The second kappa shape index (κ2) is 9.99. The molecule has 0 aliphatic rings. The Morgan fingerprint density at radius 1 is 1.00 bits per heavy atom. The summed E-state index contributed by atoms with van der Waals surface area (Å²) in [5, 5.41) is 0.355. The summed E-state index contributed by atoms with van der Waals surface area (Å²) in [4.78, 5) is -0.0931. The van der Waals surface area contributed by atoms with Crippen molar-refractivity contribution in [3.05, 3.63) is 125 Å². The Balaban J connectivity index is 1.81. The van der Waals surface area contributed by atoms with Gasteiger partial charge < -0.3 is 4.42 Å². The predicted molar refractivity (Wildman–Crippen MR) is 128 cm³/mol. The van der Waals surface area contributed by atoms with Gasteiger partial charge in [-0.1, -0.05) is 35.9 Å². The molecule has 4 nitrogen and oxygen atoms in total. The molecule has 3 aromatic carbocycles. The van der Waals surface area contributed by atoms with E-state index < -0.39 is 27.7 Å². The Hall–Kier alpha value is -3.16. The molecule has 0 saturated carbocycles. The van der Waals surface area contributed by atoms with E-state index in [1.807, 2.05) is 24.6 Å². The number of hydrogen-bond acceptors (Lipinski definition) is 3. The molecule has 1 atom stereocenters. The second-order valence-corrected chi connectivity index (χ2v) is 9.89. The maximum atomic E-state index is 14.9. The minimum absolute atomic E-state index is 0.0931. The molecule has 175 valence electrons. The van der Waals surface area contributed by atoms with Gasteiger partial charge in [-0.2, -0.15) is 0 Å². The molecule has 8 heteroatoms. The Kier molecular flexibility index (Phi) is 7.05. The molecule has 4 rings (SSSR count). The third-order valence-corrected chi connectivity index (χ3v) is 7.57. The van der Waals surface area contributed by atoms with Gasteiger partial charge >= 0.3 is 0 Å². The minimum atomic E-state index is -4.30. The summed E-state index contributed by atoms with van der Waals surface area (Å²) in [5.74, 6) is -0.871. The molecule has 1 heterocycles. The lowest BCUT2D eigenvalue weighted by Gasteiger charge is -2.32. The quantitative estimate of drug-likeness (QED) is 0.263. The molecule has 0 amide bonds. The standard InChI is InChI=1S/C26H21ClF2NO3S/c1-18(24-7-3-2-5-19(24)8-12-22-6-4-16-33-22)30(26-17-21(28)11-15-25(26)29)34(31,32)23-13-9-20(27)10-14-23/h2-11,13-18H,12H2,1H3/t18-/m1/s1. The van der Waals surface area contributed by atoms with Gasteiger partial charge in [-0.3, -0.25) is 4.31 Å². The highest BCUT2D eigenvalue weighted by Gasteiger charge is 2.33. The smallest absolute Gasteiger partial charge is 0.264 e. The summed E-state index contributed by atoms with van der Waals surface area (Å²) in [7, 11) is -4.30. The largest absolute Gasteiger partial charge is 0.469 e. The SMILES string of the molecule is C[C@H](c1ccccc1[CH]Cc1ccco1)N(c1cc(F)ccc1F)S(=O)(=O)c1ccc(Cl)cc1. The average molecular weight is 501 g/mol. The van der Waals surface area contributed by atoms with Crippen LogP contribution >= 0.6 is 11.6 Å². The molecule has 1 aromatic heterocycles. The van der Waals surface area contributed by atoms with E-state index in [9.17, 15) is 17.2 Å². The highest BCUT2D eigenvalue weighted by atomic mass is 35.5. The lowest BCUT2D eigenvalue weighted by Crippen LogP contribution is -2.35. The summed E-state index contributed by atoms with van der Waals surface area (Å²) in [6.45, 7) is 1.64. The van der Waals surface area contributed by atoms with Crippen LogP contribution in [0.15, 0.2) is 94.4 Å². The minimum Gasteiger partial charge on any atom is -0.469 e. The molecular formula is C26H21ClF2NO3S. The van der Waals surface area contributed by atoms with Gasteiger partial charge in [0, 0.05) is 17.5 Å². The molecule has 0 N–H and O–H groups in total. The predicted octanol–water partition coefficient (Wildman–Crippen LogP) is 6.96. The normalized spacial score (nSPS) is 12.5. The number of hydrogen-bond donors (Lipinski definition) is 0. The molecule has 0 fully saturated rings. The fourth-order valence-corrected chi connectivity index (χ4v) is 5.53. The Morgan fingerprint density at radius 2 is 1.74 bits per heavy atom. The Bertz CT molecular complexity index is 1370. The summed E-state index contributed by atoms with van der Waals surface area (Å²) in [6, 6.07) is 18.2. The first-order valence-corrected chi connectivity index (χ1v) is 12.3.